The van der Waals surface area contributed by atoms with E-state index < -0.39 is 0 Å². The topological polar surface area (TPSA) is 23.5 Å². The number of aliphatic hydroxyl groups excluding tert-OH is 1. The van der Waals surface area contributed by atoms with Gasteiger partial charge in [0.25, 0.3) is 0 Å². The minimum Gasteiger partial charge on any atom is -0.391 e. The Morgan fingerprint density at radius 3 is 2.33 bits per heavy atom. The second-order valence-corrected chi connectivity index (χ2v) is 5.74. The van der Waals surface area contributed by atoms with Gasteiger partial charge in [-0.1, -0.05) is 26.7 Å². The molecule has 2 atom stereocenters. The molecule has 2 saturated carbocycles. The first-order chi connectivity index (χ1) is 7.18. The molecule has 0 bridgehead atoms. The summed E-state index contributed by atoms with van der Waals surface area (Å²) in [5.74, 6) is 0.722. The SMILES string of the molecule is CC(C)CN(C1CC1)[C@H]1CCCC[C@@H]1O. The lowest BCUT2D eigenvalue weighted by Gasteiger charge is -2.38. The van der Waals surface area contributed by atoms with Gasteiger partial charge in [-0.15, -0.1) is 0 Å². The van der Waals surface area contributed by atoms with Gasteiger partial charge in [0.15, 0.2) is 0 Å². The monoisotopic (exact) mass is 211 g/mol. The Morgan fingerprint density at radius 2 is 1.80 bits per heavy atom. The van der Waals surface area contributed by atoms with E-state index >= 15 is 0 Å². The third-order valence-electron chi connectivity index (χ3n) is 3.71. The largest absolute Gasteiger partial charge is 0.391 e. The molecule has 0 saturated heterocycles. The predicted octanol–water partition coefficient (Wildman–Crippen LogP) is 2.41. The third-order valence-corrected chi connectivity index (χ3v) is 3.71. The smallest absolute Gasteiger partial charge is 0.0695 e. The second kappa shape index (κ2) is 4.84. The zero-order chi connectivity index (χ0) is 10.8. The second-order valence-electron chi connectivity index (χ2n) is 5.74. The molecule has 0 aromatic carbocycles. The Balaban J connectivity index is 1.95. The Bertz CT molecular complexity index is 201. The number of aliphatic hydroxyl groups is 1. The van der Waals surface area contributed by atoms with Crippen LogP contribution < -0.4 is 0 Å². The van der Waals surface area contributed by atoms with Crippen LogP contribution in [0.2, 0.25) is 0 Å². The molecule has 2 rings (SSSR count). The highest BCUT2D eigenvalue weighted by Crippen LogP contribution is 2.34. The van der Waals surface area contributed by atoms with Crippen molar-refractivity contribution >= 4 is 0 Å². The molecule has 0 unspecified atom stereocenters. The van der Waals surface area contributed by atoms with Crippen LogP contribution in [-0.2, 0) is 0 Å². The van der Waals surface area contributed by atoms with Crippen molar-refractivity contribution in [3.05, 3.63) is 0 Å². The quantitative estimate of drug-likeness (QED) is 0.772. The molecular formula is C13H25NO. The van der Waals surface area contributed by atoms with Crippen molar-refractivity contribution in [2.45, 2.75) is 70.6 Å². The average molecular weight is 211 g/mol. The van der Waals surface area contributed by atoms with Crippen molar-refractivity contribution in [3.63, 3.8) is 0 Å². The van der Waals surface area contributed by atoms with E-state index in [-0.39, 0.29) is 6.10 Å². The van der Waals surface area contributed by atoms with Gasteiger partial charge in [-0.25, -0.2) is 0 Å². The van der Waals surface area contributed by atoms with Crippen molar-refractivity contribution in [1.29, 1.82) is 0 Å². The van der Waals surface area contributed by atoms with Gasteiger partial charge in [0, 0.05) is 18.6 Å². The summed E-state index contributed by atoms with van der Waals surface area (Å²) in [6.45, 7) is 5.74. The Hall–Kier alpha value is -0.0800. The summed E-state index contributed by atoms with van der Waals surface area (Å²) in [7, 11) is 0. The van der Waals surface area contributed by atoms with Crippen LogP contribution >= 0.6 is 0 Å². The molecule has 2 heteroatoms. The Kier molecular flexibility index (Phi) is 3.68. The van der Waals surface area contributed by atoms with E-state index in [1.54, 1.807) is 0 Å². The van der Waals surface area contributed by atoms with E-state index in [9.17, 15) is 5.11 Å². The van der Waals surface area contributed by atoms with Gasteiger partial charge in [-0.05, 0) is 31.6 Å². The Morgan fingerprint density at radius 1 is 1.13 bits per heavy atom. The molecule has 2 aliphatic rings. The molecule has 0 heterocycles. The molecule has 2 nitrogen and oxygen atoms in total. The maximum Gasteiger partial charge on any atom is 0.0695 e. The minimum atomic E-state index is -0.0573. The van der Waals surface area contributed by atoms with Gasteiger partial charge in [-0.2, -0.15) is 0 Å². The van der Waals surface area contributed by atoms with E-state index in [0.29, 0.717) is 6.04 Å². The van der Waals surface area contributed by atoms with Crippen molar-refractivity contribution in [1.82, 2.24) is 4.90 Å². The summed E-state index contributed by atoms with van der Waals surface area (Å²) in [5.41, 5.74) is 0. The van der Waals surface area contributed by atoms with E-state index in [0.717, 1.165) is 18.4 Å². The van der Waals surface area contributed by atoms with Crippen LogP contribution in [0.4, 0.5) is 0 Å². The summed E-state index contributed by atoms with van der Waals surface area (Å²) < 4.78 is 0. The highest BCUT2D eigenvalue weighted by atomic mass is 16.3. The van der Waals surface area contributed by atoms with Crippen LogP contribution in [-0.4, -0.2) is 34.7 Å². The van der Waals surface area contributed by atoms with Gasteiger partial charge in [-0.3, -0.25) is 4.90 Å². The van der Waals surface area contributed by atoms with Crippen LogP contribution in [0.25, 0.3) is 0 Å². The van der Waals surface area contributed by atoms with Gasteiger partial charge < -0.3 is 5.11 Å². The summed E-state index contributed by atoms with van der Waals surface area (Å²) >= 11 is 0. The summed E-state index contributed by atoms with van der Waals surface area (Å²) in [4.78, 5) is 2.61. The predicted molar refractivity (Wildman–Crippen MR) is 62.8 cm³/mol. The van der Waals surface area contributed by atoms with Crippen molar-refractivity contribution in [2.24, 2.45) is 5.92 Å². The maximum atomic E-state index is 10.1. The van der Waals surface area contributed by atoms with E-state index in [1.807, 2.05) is 0 Å². The molecule has 1 N–H and O–H groups in total. The fraction of sp³-hybridized carbons (Fsp3) is 1.00. The van der Waals surface area contributed by atoms with Gasteiger partial charge in [0.2, 0.25) is 0 Å². The molecule has 0 radical (unpaired) electrons. The van der Waals surface area contributed by atoms with Crippen molar-refractivity contribution in [2.75, 3.05) is 6.54 Å². The number of hydrogen-bond donors (Lipinski definition) is 1. The van der Waals surface area contributed by atoms with Crippen molar-refractivity contribution in [3.8, 4) is 0 Å². The standard InChI is InChI=1S/C13H25NO/c1-10(2)9-14(11-7-8-11)12-5-3-4-6-13(12)15/h10-13,15H,3-9H2,1-2H3/t12-,13-/m0/s1. The fourth-order valence-corrected chi connectivity index (χ4v) is 2.86. The molecule has 88 valence electrons. The number of hydrogen-bond acceptors (Lipinski definition) is 2. The van der Waals surface area contributed by atoms with Crippen molar-refractivity contribution < 1.29 is 5.11 Å². The molecule has 15 heavy (non-hydrogen) atoms. The third kappa shape index (κ3) is 2.94. The minimum absolute atomic E-state index is 0.0573. The Labute approximate surface area is 93.7 Å². The first-order valence-corrected chi connectivity index (χ1v) is 6.62. The molecule has 2 aliphatic carbocycles. The molecule has 0 amide bonds. The van der Waals surface area contributed by atoms with E-state index in [1.165, 1.54) is 38.6 Å². The fourth-order valence-electron chi connectivity index (χ4n) is 2.86. The molecule has 2 fully saturated rings. The molecule has 0 aromatic heterocycles. The van der Waals surface area contributed by atoms with Crippen LogP contribution in [0.5, 0.6) is 0 Å². The normalized spacial score (nSPS) is 32.6. The molecule has 0 spiro atoms. The summed E-state index contributed by atoms with van der Waals surface area (Å²) in [5, 5.41) is 10.1. The summed E-state index contributed by atoms with van der Waals surface area (Å²) in [6, 6.07) is 1.26. The van der Waals surface area contributed by atoms with Crippen LogP contribution in [0.3, 0.4) is 0 Å². The van der Waals surface area contributed by atoms with E-state index in [4.69, 9.17) is 0 Å². The first kappa shape index (κ1) is 11.4. The summed E-state index contributed by atoms with van der Waals surface area (Å²) in [6.07, 6.45) is 7.42. The molecule has 0 aromatic rings. The lowest BCUT2D eigenvalue weighted by atomic mass is 9.90. The maximum absolute atomic E-state index is 10.1. The van der Waals surface area contributed by atoms with Crippen LogP contribution in [0.15, 0.2) is 0 Å². The van der Waals surface area contributed by atoms with Gasteiger partial charge >= 0.3 is 0 Å². The number of nitrogens with zero attached hydrogens (tertiary/aromatic N) is 1. The lowest BCUT2D eigenvalue weighted by molar-refractivity contribution is 0.0102. The zero-order valence-electron chi connectivity index (χ0n) is 10.2. The van der Waals surface area contributed by atoms with Crippen LogP contribution in [0.1, 0.15) is 52.4 Å². The lowest BCUT2D eigenvalue weighted by Crippen LogP contribution is -2.48. The van der Waals surface area contributed by atoms with Crippen LogP contribution in [0, 0.1) is 5.92 Å². The van der Waals surface area contributed by atoms with E-state index in [2.05, 4.69) is 18.7 Å². The van der Waals surface area contributed by atoms with Gasteiger partial charge in [0.1, 0.15) is 0 Å². The molecule has 0 aliphatic heterocycles. The molecular weight excluding hydrogens is 186 g/mol. The highest BCUT2D eigenvalue weighted by Gasteiger charge is 2.37. The average Bonchev–Trinajstić information content (AvgIpc) is 2.98. The van der Waals surface area contributed by atoms with Gasteiger partial charge in [0.05, 0.1) is 6.10 Å². The zero-order valence-corrected chi connectivity index (χ0v) is 10.2. The first-order valence-electron chi connectivity index (χ1n) is 6.62. The number of rotatable bonds is 4. The highest BCUT2D eigenvalue weighted by molar-refractivity contribution is 4.93.